The zero-order chi connectivity index (χ0) is 23.8. The maximum absolute atomic E-state index is 12.2. The van der Waals surface area contributed by atoms with Gasteiger partial charge in [-0.25, -0.2) is 10.4 Å². The zero-order valence-electron chi connectivity index (χ0n) is 18.4. The van der Waals surface area contributed by atoms with Crippen LogP contribution in [0.1, 0.15) is 18.1 Å². The molecular formula is C25H22BrN3O4S. The molecule has 0 atom stereocenters. The summed E-state index contributed by atoms with van der Waals surface area (Å²) in [7, 11) is 0. The number of amides is 1. The van der Waals surface area contributed by atoms with Crippen molar-refractivity contribution < 1.29 is 18.7 Å². The third-order valence-corrected chi connectivity index (χ3v) is 5.98. The third-order valence-electron chi connectivity index (χ3n) is 4.56. The van der Waals surface area contributed by atoms with Gasteiger partial charge in [-0.2, -0.15) is 5.10 Å². The Kier molecular flexibility index (Phi) is 8.21. The molecule has 0 unspecified atom stereocenters. The van der Waals surface area contributed by atoms with Crippen molar-refractivity contribution >= 4 is 50.9 Å². The molecule has 1 N–H and O–H groups in total. The summed E-state index contributed by atoms with van der Waals surface area (Å²) in [6, 6.07) is 21.0. The highest BCUT2D eigenvalue weighted by Crippen LogP contribution is 2.37. The van der Waals surface area contributed by atoms with Gasteiger partial charge in [0, 0.05) is 0 Å². The van der Waals surface area contributed by atoms with Crippen LogP contribution in [-0.4, -0.2) is 29.5 Å². The van der Waals surface area contributed by atoms with Crippen LogP contribution in [-0.2, 0) is 11.4 Å². The summed E-state index contributed by atoms with van der Waals surface area (Å²) in [6.45, 7) is 2.81. The van der Waals surface area contributed by atoms with E-state index in [-0.39, 0.29) is 11.7 Å². The molecule has 1 amide bonds. The van der Waals surface area contributed by atoms with Gasteiger partial charge < -0.3 is 13.9 Å². The number of nitrogens with one attached hydrogen (secondary N) is 1. The number of thioether (sulfide) groups is 1. The summed E-state index contributed by atoms with van der Waals surface area (Å²) < 4.78 is 18.1. The fourth-order valence-electron chi connectivity index (χ4n) is 3.05. The molecule has 4 aromatic rings. The molecule has 1 heterocycles. The summed E-state index contributed by atoms with van der Waals surface area (Å²) in [5, 5.41) is 4.50. The number of hydrazone groups is 1. The first kappa shape index (κ1) is 23.8. The molecule has 0 aliphatic rings. The number of hydrogen-bond acceptors (Lipinski definition) is 7. The monoisotopic (exact) mass is 539 g/mol. The number of hydrogen-bond donors (Lipinski definition) is 1. The minimum Gasteiger partial charge on any atom is -0.490 e. The van der Waals surface area contributed by atoms with Crippen molar-refractivity contribution in [2.75, 3.05) is 12.4 Å². The van der Waals surface area contributed by atoms with Gasteiger partial charge in [-0.05, 0) is 58.2 Å². The Morgan fingerprint density at radius 1 is 1.15 bits per heavy atom. The van der Waals surface area contributed by atoms with Crippen molar-refractivity contribution in [3.8, 4) is 11.5 Å². The molecule has 9 heteroatoms. The van der Waals surface area contributed by atoms with E-state index in [0.29, 0.717) is 35.5 Å². The van der Waals surface area contributed by atoms with E-state index in [1.54, 1.807) is 6.21 Å². The number of ether oxygens (including phenoxy) is 2. The van der Waals surface area contributed by atoms with Crippen molar-refractivity contribution in [3.63, 3.8) is 0 Å². The van der Waals surface area contributed by atoms with E-state index in [1.165, 1.54) is 11.8 Å². The van der Waals surface area contributed by atoms with Gasteiger partial charge in [-0.15, -0.1) is 0 Å². The third kappa shape index (κ3) is 6.39. The summed E-state index contributed by atoms with van der Waals surface area (Å²) in [5.74, 6) is 1.06. The highest BCUT2D eigenvalue weighted by molar-refractivity contribution is 9.10. The summed E-state index contributed by atoms with van der Waals surface area (Å²) in [5.41, 5.74) is 5.77. The van der Waals surface area contributed by atoms with Gasteiger partial charge in [0.1, 0.15) is 12.1 Å². The quantitative estimate of drug-likeness (QED) is 0.155. The molecule has 0 fully saturated rings. The lowest BCUT2D eigenvalue weighted by Crippen LogP contribution is -2.19. The molecule has 0 bridgehead atoms. The van der Waals surface area contributed by atoms with E-state index >= 15 is 0 Å². The number of rotatable bonds is 10. The highest BCUT2D eigenvalue weighted by Gasteiger charge is 2.13. The molecule has 0 aliphatic heterocycles. The second-order valence-electron chi connectivity index (χ2n) is 7.07. The molecular weight excluding hydrogens is 518 g/mol. The Bertz CT molecular complexity index is 1260. The largest absolute Gasteiger partial charge is 0.490 e. The van der Waals surface area contributed by atoms with Crippen LogP contribution in [0.15, 0.2) is 85.9 Å². The predicted octanol–water partition coefficient (Wildman–Crippen LogP) is 5.81. The predicted molar refractivity (Wildman–Crippen MR) is 137 cm³/mol. The Hall–Kier alpha value is -3.30. The number of carbonyl (C=O) groups excluding carboxylic acids is 1. The van der Waals surface area contributed by atoms with E-state index in [0.717, 1.165) is 21.1 Å². The molecule has 0 aliphatic carbocycles. The van der Waals surface area contributed by atoms with Gasteiger partial charge in [0.2, 0.25) is 0 Å². The maximum Gasteiger partial charge on any atom is 0.257 e. The van der Waals surface area contributed by atoms with E-state index in [9.17, 15) is 4.79 Å². The van der Waals surface area contributed by atoms with Crippen molar-refractivity contribution in [1.29, 1.82) is 0 Å². The minimum absolute atomic E-state index is 0.129. The topological polar surface area (TPSA) is 86.0 Å². The van der Waals surface area contributed by atoms with Crippen LogP contribution in [0.4, 0.5) is 0 Å². The Balaban J connectivity index is 1.35. The van der Waals surface area contributed by atoms with Crippen LogP contribution in [0.3, 0.4) is 0 Å². The lowest BCUT2D eigenvalue weighted by atomic mass is 10.2. The van der Waals surface area contributed by atoms with Gasteiger partial charge in [0.15, 0.2) is 17.1 Å². The van der Waals surface area contributed by atoms with Gasteiger partial charge >= 0.3 is 0 Å². The fraction of sp³-hybridized carbons (Fsp3) is 0.160. The number of aromatic nitrogens is 1. The average molecular weight is 540 g/mol. The Morgan fingerprint density at radius 3 is 2.74 bits per heavy atom. The van der Waals surface area contributed by atoms with Crippen LogP contribution < -0.4 is 14.9 Å². The normalized spacial score (nSPS) is 11.1. The number of para-hydroxylation sites is 2. The van der Waals surface area contributed by atoms with Gasteiger partial charge in [-0.3, -0.25) is 4.79 Å². The molecule has 0 saturated carbocycles. The molecule has 0 saturated heterocycles. The van der Waals surface area contributed by atoms with Gasteiger partial charge in [-0.1, -0.05) is 54.2 Å². The molecule has 3 aromatic carbocycles. The molecule has 4 rings (SSSR count). The average Bonchev–Trinajstić information content (AvgIpc) is 3.26. The smallest absolute Gasteiger partial charge is 0.257 e. The van der Waals surface area contributed by atoms with Crippen molar-refractivity contribution in [2.45, 2.75) is 18.8 Å². The van der Waals surface area contributed by atoms with Crippen molar-refractivity contribution in [1.82, 2.24) is 10.4 Å². The molecule has 174 valence electrons. The zero-order valence-corrected chi connectivity index (χ0v) is 20.8. The molecule has 7 nitrogen and oxygen atoms in total. The Labute approximate surface area is 209 Å². The van der Waals surface area contributed by atoms with Crippen LogP contribution in [0.2, 0.25) is 0 Å². The second-order valence-corrected chi connectivity index (χ2v) is 8.85. The van der Waals surface area contributed by atoms with Crippen LogP contribution in [0.5, 0.6) is 11.5 Å². The first-order chi connectivity index (χ1) is 16.6. The summed E-state index contributed by atoms with van der Waals surface area (Å²) in [4.78, 5) is 16.5. The fourth-order valence-corrected chi connectivity index (χ4v) is 4.25. The number of fused-ring (bicyclic) bond motifs is 1. The molecule has 0 radical (unpaired) electrons. The number of nitrogens with zero attached hydrogens (tertiary/aromatic N) is 2. The maximum atomic E-state index is 12.2. The number of carbonyl (C=O) groups is 1. The number of benzene rings is 3. The molecule has 0 spiro atoms. The van der Waals surface area contributed by atoms with Crippen molar-refractivity contribution in [3.05, 3.63) is 82.3 Å². The first-order valence-corrected chi connectivity index (χ1v) is 12.3. The minimum atomic E-state index is -0.268. The molecule has 1 aromatic heterocycles. The summed E-state index contributed by atoms with van der Waals surface area (Å²) in [6.07, 6.45) is 1.55. The van der Waals surface area contributed by atoms with Crippen LogP contribution >= 0.6 is 27.7 Å². The van der Waals surface area contributed by atoms with E-state index in [1.807, 2.05) is 73.7 Å². The van der Waals surface area contributed by atoms with E-state index in [4.69, 9.17) is 13.9 Å². The lowest BCUT2D eigenvalue weighted by molar-refractivity contribution is -0.118. The second kappa shape index (κ2) is 11.7. The van der Waals surface area contributed by atoms with Crippen LogP contribution in [0.25, 0.3) is 11.1 Å². The lowest BCUT2D eigenvalue weighted by Gasteiger charge is -2.14. The van der Waals surface area contributed by atoms with Gasteiger partial charge in [0.05, 0.1) is 23.0 Å². The Morgan fingerprint density at radius 2 is 1.94 bits per heavy atom. The van der Waals surface area contributed by atoms with E-state index in [2.05, 4.69) is 31.4 Å². The molecule has 34 heavy (non-hydrogen) atoms. The van der Waals surface area contributed by atoms with Crippen LogP contribution in [0, 0.1) is 0 Å². The summed E-state index contributed by atoms with van der Waals surface area (Å²) >= 11 is 4.76. The highest BCUT2D eigenvalue weighted by atomic mass is 79.9. The van der Waals surface area contributed by atoms with Gasteiger partial charge in [0.25, 0.3) is 11.1 Å². The SMILES string of the molecule is CCOc1cc(/C=N\NC(=O)CSc2nc3ccccc3o2)cc(Br)c1OCc1ccccc1. The standard InChI is InChI=1S/C25H22BrN3O4S/c1-2-31-22-13-18(12-19(26)24(22)32-15-17-8-4-3-5-9-17)14-27-29-23(30)16-34-25-28-20-10-6-7-11-21(20)33-25/h3-14H,2,15-16H2,1H3,(H,29,30)/b27-14-. The van der Waals surface area contributed by atoms with Crippen molar-refractivity contribution in [2.24, 2.45) is 5.10 Å². The van der Waals surface area contributed by atoms with E-state index < -0.39 is 0 Å². The first-order valence-electron chi connectivity index (χ1n) is 10.6. The number of halogens is 1. The number of oxazole rings is 1.